The molecular weight excluding hydrogens is 256 g/mol. The lowest BCUT2D eigenvalue weighted by atomic mass is 9.83. The van der Waals surface area contributed by atoms with Gasteiger partial charge in [0.2, 0.25) is 11.8 Å². The molecule has 2 amide bonds. The van der Waals surface area contributed by atoms with Crippen molar-refractivity contribution < 1.29 is 14.3 Å². The molecule has 0 aromatic rings. The monoisotopic (exact) mass is 284 g/mol. The van der Waals surface area contributed by atoms with Gasteiger partial charge in [-0.1, -0.05) is 34.1 Å². The fourth-order valence-electron chi connectivity index (χ4n) is 2.48. The number of hydrogen-bond donors (Lipinski definition) is 1. The first-order valence-electron chi connectivity index (χ1n) is 7.36. The second kappa shape index (κ2) is 6.57. The molecule has 1 fully saturated rings. The standard InChI is InChI=1S/C15H28N2O3/c1-7-8-11-13(18)16-12(15(3,4)5)14(19)17(11)9-10(2)20-6/h10-12H,7-9H2,1-6H3,(H,16,18). The van der Waals surface area contributed by atoms with Crippen molar-refractivity contribution in [3.63, 3.8) is 0 Å². The molecule has 5 heteroatoms. The third kappa shape index (κ3) is 3.72. The summed E-state index contributed by atoms with van der Waals surface area (Å²) in [6, 6.07) is -0.837. The Balaban J connectivity index is 3.01. The molecule has 3 atom stereocenters. The van der Waals surface area contributed by atoms with Gasteiger partial charge in [0.05, 0.1) is 6.10 Å². The Morgan fingerprint density at radius 1 is 1.35 bits per heavy atom. The van der Waals surface area contributed by atoms with Crippen molar-refractivity contribution in [1.82, 2.24) is 10.2 Å². The topological polar surface area (TPSA) is 58.6 Å². The van der Waals surface area contributed by atoms with Crippen LogP contribution in [0.25, 0.3) is 0 Å². The average molecular weight is 284 g/mol. The van der Waals surface area contributed by atoms with Gasteiger partial charge in [-0.05, 0) is 18.8 Å². The molecule has 3 unspecified atom stereocenters. The van der Waals surface area contributed by atoms with E-state index in [-0.39, 0.29) is 29.4 Å². The summed E-state index contributed by atoms with van der Waals surface area (Å²) >= 11 is 0. The summed E-state index contributed by atoms with van der Waals surface area (Å²) in [5.74, 6) is -0.0471. The van der Waals surface area contributed by atoms with Crippen LogP contribution in [0.5, 0.6) is 0 Å². The molecule has 1 aliphatic rings. The van der Waals surface area contributed by atoms with Crippen LogP contribution < -0.4 is 5.32 Å². The Hall–Kier alpha value is -1.10. The number of nitrogens with one attached hydrogen (secondary N) is 1. The van der Waals surface area contributed by atoms with Crippen molar-refractivity contribution in [2.24, 2.45) is 5.41 Å². The van der Waals surface area contributed by atoms with E-state index in [1.807, 2.05) is 34.6 Å². The molecule has 116 valence electrons. The molecule has 1 aliphatic heterocycles. The van der Waals surface area contributed by atoms with Gasteiger partial charge in [-0.25, -0.2) is 0 Å². The van der Waals surface area contributed by atoms with Crippen molar-refractivity contribution in [3.8, 4) is 0 Å². The van der Waals surface area contributed by atoms with Crippen LogP contribution in [0.3, 0.4) is 0 Å². The van der Waals surface area contributed by atoms with E-state index in [2.05, 4.69) is 5.32 Å². The highest BCUT2D eigenvalue weighted by molar-refractivity contribution is 5.97. The predicted octanol–water partition coefficient (Wildman–Crippen LogP) is 1.56. The highest BCUT2D eigenvalue weighted by Crippen LogP contribution is 2.26. The van der Waals surface area contributed by atoms with Gasteiger partial charge in [-0.2, -0.15) is 0 Å². The zero-order valence-electron chi connectivity index (χ0n) is 13.5. The zero-order chi connectivity index (χ0) is 15.5. The summed E-state index contributed by atoms with van der Waals surface area (Å²) in [5, 5.41) is 2.89. The average Bonchev–Trinajstić information content (AvgIpc) is 2.36. The molecule has 0 aromatic heterocycles. The molecule has 0 spiro atoms. The highest BCUT2D eigenvalue weighted by atomic mass is 16.5. The second-order valence-electron chi connectivity index (χ2n) is 6.65. The van der Waals surface area contributed by atoms with Crippen molar-refractivity contribution in [1.29, 1.82) is 0 Å². The van der Waals surface area contributed by atoms with E-state index in [9.17, 15) is 9.59 Å². The third-order valence-electron chi connectivity index (χ3n) is 3.78. The van der Waals surface area contributed by atoms with Crippen LogP contribution in [0, 0.1) is 5.41 Å². The van der Waals surface area contributed by atoms with Crippen LogP contribution in [0.2, 0.25) is 0 Å². The van der Waals surface area contributed by atoms with Crippen LogP contribution in [0.15, 0.2) is 0 Å². The molecule has 1 N–H and O–H groups in total. The van der Waals surface area contributed by atoms with Crippen molar-refractivity contribution >= 4 is 11.8 Å². The van der Waals surface area contributed by atoms with Gasteiger partial charge >= 0.3 is 0 Å². The SMILES string of the molecule is CCCC1C(=O)NC(C(C)(C)C)C(=O)N1CC(C)OC. The molecule has 1 rings (SSSR count). The molecule has 0 saturated carbocycles. The van der Waals surface area contributed by atoms with Gasteiger partial charge in [0.15, 0.2) is 0 Å². The number of nitrogens with zero attached hydrogens (tertiary/aromatic N) is 1. The lowest BCUT2D eigenvalue weighted by Crippen LogP contribution is -2.67. The summed E-state index contributed by atoms with van der Waals surface area (Å²) in [6.45, 7) is 10.3. The highest BCUT2D eigenvalue weighted by Gasteiger charge is 2.44. The van der Waals surface area contributed by atoms with Crippen LogP contribution in [-0.2, 0) is 14.3 Å². The fraction of sp³-hybridized carbons (Fsp3) is 0.867. The maximum absolute atomic E-state index is 12.7. The van der Waals surface area contributed by atoms with Crippen LogP contribution >= 0.6 is 0 Å². The number of carbonyl (C=O) groups is 2. The molecule has 0 radical (unpaired) electrons. The molecular formula is C15H28N2O3. The molecule has 0 bridgehead atoms. The van der Waals surface area contributed by atoms with Gasteiger partial charge in [0.1, 0.15) is 12.1 Å². The fourth-order valence-corrected chi connectivity index (χ4v) is 2.48. The summed E-state index contributed by atoms with van der Waals surface area (Å²) in [6.07, 6.45) is 1.47. The molecule has 1 heterocycles. The van der Waals surface area contributed by atoms with E-state index in [4.69, 9.17) is 4.74 Å². The smallest absolute Gasteiger partial charge is 0.246 e. The maximum Gasteiger partial charge on any atom is 0.246 e. The Morgan fingerprint density at radius 3 is 2.40 bits per heavy atom. The molecule has 5 nitrogen and oxygen atoms in total. The van der Waals surface area contributed by atoms with Crippen molar-refractivity contribution in [3.05, 3.63) is 0 Å². The summed E-state index contributed by atoms with van der Waals surface area (Å²) in [5.41, 5.74) is -0.293. The Labute approximate surface area is 122 Å². The van der Waals surface area contributed by atoms with E-state index in [0.717, 1.165) is 6.42 Å². The largest absolute Gasteiger partial charge is 0.380 e. The molecule has 20 heavy (non-hydrogen) atoms. The Bertz CT molecular complexity index is 363. The summed E-state index contributed by atoms with van der Waals surface area (Å²) in [4.78, 5) is 26.7. The number of rotatable bonds is 5. The summed E-state index contributed by atoms with van der Waals surface area (Å²) in [7, 11) is 1.62. The number of ether oxygens (including phenoxy) is 1. The van der Waals surface area contributed by atoms with Crippen LogP contribution in [-0.4, -0.2) is 48.6 Å². The number of hydrogen-bond acceptors (Lipinski definition) is 3. The van der Waals surface area contributed by atoms with Crippen molar-refractivity contribution in [2.45, 2.75) is 65.6 Å². The number of methoxy groups -OCH3 is 1. The number of amides is 2. The normalized spacial score (nSPS) is 25.6. The van der Waals surface area contributed by atoms with E-state index < -0.39 is 6.04 Å². The molecule has 1 saturated heterocycles. The quantitative estimate of drug-likeness (QED) is 0.833. The third-order valence-corrected chi connectivity index (χ3v) is 3.78. The summed E-state index contributed by atoms with van der Waals surface area (Å²) < 4.78 is 5.26. The van der Waals surface area contributed by atoms with Gasteiger partial charge in [0, 0.05) is 13.7 Å². The zero-order valence-corrected chi connectivity index (χ0v) is 13.5. The van der Waals surface area contributed by atoms with Gasteiger partial charge in [-0.15, -0.1) is 0 Å². The molecule has 0 aliphatic carbocycles. The lowest BCUT2D eigenvalue weighted by molar-refractivity contribution is -0.154. The van der Waals surface area contributed by atoms with E-state index in [1.165, 1.54) is 0 Å². The Kier molecular flexibility index (Phi) is 5.57. The van der Waals surface area contributed by atoms with E-state index >= 15 is 0 Å². The van der Waals surface area contributed by atoms with Crippen LogP contribution in [0.4, 0.5) is 0 Å². The predicted molar refractivity (Wildman–Crippen MR) is 78.3 cm³/mol. The minimum Gasteiger partial charge on any atom is -0.380 e. The number of piperazine rings is 1. The van der Waals surface area contributed by atoms with E-state index in [0.29, 0.717) is 13.0 Å². The van der Waals surface area contributed by atoms with Gasteiger partial charge in [0.25, 0.3) is 0 Å². The van der Waals surface area contributed by atoms with E-state index in [1.54, 1.807) is 12.0 Å². The Morgan fingerprint density at radius 2 is 1.95 bits per heavy atom. The minimum absolute atomic E-state index is 0.000509. The van der Waals surface area contributed by atoms with Gasteiger partial charge in [-0.3, -0.25) is 9.59 Å². The van der Waals surface area contributed by atoms with Crippen molar-refractivity contribution in [2.75, 3.05) is 13.7 Å². The van der Waals surface area contributed by atoms with Crippen LogP contribution in [0.1, 0.15) is 47.5 Å². The second-order valence-corrected chi connectivity index (χ2v) is 6.65. The maximum atomic E-state index is 12.7. The number of carbonyl (C=O) groups excluding carboxylic acids is 2. The minimum atomic E-state index is -0.466. The first-order chi connectivity index (χ1) is 9.22. The molecule has 0 aromatic carbocycles. The lowest BCUT2D eigenvalue weighted by Gasteiger charge is -2.44. The first-order valence-corrected chi connectivity index (χ1v) is 7.36. The van der Waals surface area contributed by atoms with Gasteiger partial charge < -0.3 is 15.0 Å². The first kappa shape index (κ1) is 17.0.